The highest BCUT2D eigenvalue weighted by atomic mass is 14.4. The van der Waals surface area contributed by atoms with Crippen molar-refractivity contribution in [1.82, 2.24) is 0 Å². The summed E-state index contributed by atoms with van der Waals surface area (Å²) in [6, 6.07) is 10.9. The molecule has 64 valence electrons. The van der Waals surface area contributed by atoms with E-state index >= 15 is 0 Å². The van der Waals surface area contributed by atoms with Crippen LogP contribution in [0.1, 0.15) is 31.7 Å². The first-order valence-corrected chi connectivity index (χ1v) is 4.84. The van der Waals surface area contributed by atoms with Crippen molar-refractivity contribution in [2.75, 3.05) is 0 Å². The Kier molecular flexibility index (Phi) is 1.92. The van der Waals surface area contributed by atoms with E-state index < -0.39 is 0 Å². The molecule has 0 saturated heterocycles. The molecule has 0 spiro atoms. The average Bonchev–Trinajstić information content (AvgIpc) is 2.84. The predicted molar refractivity (Wildman–Crippen MR) is 52.1 cm³/mol. The Bertz CT molecular complexity index is 248. The van der Waals surface area contributed by atoms with Gasteiger partial charge in [-0.1, -0.05) is 44.2 Å². The van der Waals surface area contributed by atoms with Crippen LogP contribution in [0.15, 0.2) is 30.3 Å². The highest BCUT2D eigenvalue weighted by molar-refractivity contribution is 5.25. The molecule has 1 saturated carbocycles. The van der Waals surface area contributed by atoms with Crippen molar-refractivity contribution in [3.63, 3.8) is 0 Å². The van der Waals surface area contributed by atoms with Crippen molar-refractivity contribution in [3.8, 4) is 0 Å². The zero-order valence-electron chi connectivity index (χ0n) is 7.83. The van der Waals surface area contributed by atoms with Crippen LogP contribution in [-0.2, 0) is 0 Å². The summed E-state index contributed by atoms with van der Waals surface area (Å²) in [4.78, 5) is 0. The summed E-state index contributed by atoms with van der Waals surface area (Å²) in [5.74, 6) is 2.67. The van der Waals surface area contributed by atoms with Gasteiger partial charge in [0.1, 0.15) is 0 Å². The predicted octanol–water partition coefficient (Wildman–Crippen LogP) is 3.45. The van der Waals surface area contributed by atoms with Crippen molar-refractivity contribution >= 4 is 0 Å². The molecule has 1 aliphatic carbocycles. The molecule has 1 aromatic rings. The molecular weight excluding hydrogens is 144 g/mol. The molecule has 0 unspecified atom stereocenters. The van der Waals surface area contributed by atoms with E-state index in [4.69, 9.17) is 0 Å². The van der Waals surface area contributed by atoms with Gasteiger partial charge in [0, 0.05) is 0 Å². The first-order chi connectivity index (χ1) is 5.79. The maximum atomic E-state index is 2.33. The van der Waals surface area contributed by atoms with Gasteiger partial charge in [0.2, 0.25) is 0 Å². The van der Waals surface area contributed by atoms with E-state index in [0.717, 1.165) is 17.8 Å². The van der Waals surface area contributed by atoms with Crippen LogP contribution in [0.2, 0.25) is 0 Å². The van der Waals surface area contributed by atoms with Crippen LogP contribution in [0.25, 0.3) is 0 Å². The molecule has 0 aromatic heterocycles. The SMILES string of the molecule is CC(C)[C@@H]1C[C@@H]1c1ccccc1. The number of benzene rings is 1. The Hall–Kier alpha value is -0.780. The van der Waals surface area contributed by atoms with Gasteiger partial charge in [0.15, 0.2) is 0 Å². The second-order valence-electron chi connectivity index (χ2n) is 4.16. The topological polar surface area (TPSA) is 0 Å². The van der Waals surface area contributed by atoms with E-state index in [2.05, 4.69) is 44.2 Å². The smallest absolute Gasteiger partial charge is 0.0128 e. The van der Waals surface area contributed by atoms with Crippen LogP contribution < -0.4 is 0 Å². The van der Waals surface area contributed by atoms with E-state index in [1.165, 1.54) is 12.0 Å². The van der Waals surface area contributed by atoms with Crippen molar-refractivity contribution in [3.05, 3.63) is 35.9 Å². The van der Waals surface area contributed by atoms with E-state index in [-0.39, 0.29) is 0 Å². The maximum absolute atomic E-state index is 2.33. The Labute approximate surface area is 74.6 Å². The van der Waals surface area contributed by atoms with E-state index in [1.807, 2.05) is 0 Å². The largest absolute Gasteiger partial charge is 0.0625 e. The van der Waals surface area contributed by atoms with Crippen molar-refractivity contribution < 1.29 is 0 Å². The molecule has 1 aromatic carbocycles. The summed E-state index contributed by atoms with van der Waals surface area (Å²) in [7, 11) is 0. The molecule has 0 nitrogen and oxygen atoms in total. The lowest BCUT2D eigenvalue weighted by Gasteiger charge is -2.02. The first-order valence-electron chi connectivity index (χ1n) is 4.84. The normalized spacial score (nSPS) is 27.6. The van der Waals surface area contributed by atoms with E-state index in [0.29, 0.717) is 0 Å². The van der Waals surface area contributed by atoms with Gasteiger partial charge in [-0.25, -0.2) is 0 Å². The van der Waals surface area contributed by atoms with Crippen LogP contribution in [0.3, 0.4) is 0 Å². The molecule has 2 atom stereocenters. The van der Waals surface area contributed by atoms with Gasteiger partial charge in [-0.15, -0.1) is 0 Å². The lowest BCUT2D eigenvalue weighted by atomic mass is 10.0. The summed E-state index contributed by atoms with van der Waals surface area (Å²) in [6.07, 6.45) is 1.40. The van der Waals surface area contributed by atoms with Crippen molar-refractivity contribution in [2.24, 2.45) is 11.8 Å². The first kappa shape index (κ1) is 7.85. The molecule has 0 radical (unpaired) electrons. The number of rotatable bonds is 2. The number of hydrogen-bond acceptors (Lipinski definition) is 0. The fraction of sp³-hybridized carbons (Fsp3) is 0.500. The zero-order valence-corrected chi connectivity index (χ0v) is 7.83. The molecule has 1 fully saturated rings. The van der Waals surface area contributed by atoms with Gasteiger partial charge in [-0.3, -0.25) is 0 Å². The molecule has 0 heterocycles. The van der Waals surface area contributed by atoms with Crippen molar-refractivity contribution in [1.29, 1.82) is 0 Å². The summed E-state index contributed by atoms with van der Waals surface area (Å²) < 4.78 is 0. The third-order valence-electron chi connectivity index (χ3n) is 2.92. The number of hydrogen-bond donors (Lipinski definition) is 0. The minimum Gasteiger partial charge on any atom is -0.0625 e. The van der Waals surface area contributed by atoms with E-state index in [1.54, 1.807) is 0 Å². The van der Waals surface area contributed by atoms with Gasteiger partial charge >= 0.3 is 0 Å². The van der Waals surface area contributed by atoms with Crippen LogP contribution in [-0.4, -0.2) is 0 Å². The second kappa shape index (κ2) is 2.93. The minimum absolute atomic E-state index is 0.857. The maximum Gasteiger partial charge on any atom is -0.0128 e. The molecule has 0 heteroatoms. The Morgan fingerprint density at radius 2 is 1.83 bits per heavy atom. The Morgan fingerprint density at radius 1 is 1.17 bits per heavy atom. The highest BCUT2D eigenvalue weighted by Crippen LogP contribution is 2.51. The van der Waals surface area contributed by atoms with Crippen LogP contribution in [0.4, 0.5) is 0 Å². The Morgan fingerprint density at radius 3 is 2.33 bits per heavy atom. The molecule has 0 aliphatic heterocycles. The highest BCUT2D eigenvalue weighted by Gasteiger charge is 2.39. The molecule has 0 amide bonds. The molecule has 0 bridgehead atoms. The monoisotopic (exact) mass is 160 g/mol. The second-order valence-corrected chi connectivity index (χ2v) is 4.16. The summed E-state index contributed by atoms with van der Waals surface area (Å²) >= 11 is 0. The molecule has 1 aliphatic rings. The van der Waals surface area contributed by atoms with Gasteiger partial charge in [0.05, 0.1) is 0 Å². The molecular formula is C12H16. The third-order valence-corrected chi connectivity index (χ3v) is 2.92. The van der Waals surface area contributed by atoms with Gasteiger partial charge in [-0.05, 0) is 29.7 Å². The molecule has 12 heavy (non-hydrogen) atoms. The van der Waals surface area contributed by atoms with E-state index in [9.17, 15) is 0 Å². The van der Waals surface area contributed by atoms with Crippen LogP contribution in [0, 0.1) is 11.8 Å². The van der Waals surface area contributed by atoms with Crippen molar-refractivity contribution in [2.45, 2.75) is 26.2 Å². The zero-order chi connectivity index (χ0) is 8.55. The fourth-order valence-electron chi connectivity index (χ4n) is 2.03. The summed E-state index contributed by atoms with van der Waals surface area (Å²) in [5, 5.41) is 0. The molecule has 2 rings (SSSR count). The fourth-order valence-corrected chi connectivity index (χ4v) is 2.03. The lowest BCUT2D eigenvalue weighted by molar-refractivity contribution is 0.549. The third kappa shape index (κ3) is 1.38. The quantitative estimate of drug-likeness (QED) is 0.621. The standard InChI is InChI=1S/C12H16/c1-9(2)11-8-12(11)10-6-4-3-5-7-10/h3-7,9,11-12H,8H2,1-2H3/t11-,12+/m0/s1. The van der Waals surface area contributed by atoms with Gasteiger partial charge < -0.3 is 0 Å². The lowest BCUT2D eigenvalue weighted by Crippen LogP contribution is -1.91. The van der Waals surface area contributed by atoms with Gasteiger partial charge in [-0.2, -0.15) is 0 Å². The minimum atomic E-state index is 0.857. The summed E-state index contributed by atoms with van der Waals surface area (Å²) in [5.41, 5.74) is 1.54. The summed E-state index contributed by atoms with van der Waals surface area (Å²) in [6.45, 7) is 4.65. The molecule has 0 N–H and O–H groups in total. The van der Waals surface area contributed by atoms with Crippen LogP contribution >= 0.6 is 0 Å². The Balaban J connectivity index is 2.06. The van der Waals surface area contributed by atoms with Gasteiger partial charge in [0.25, 0.3) is 0 Å². The van der Waals surface area contributed by atoms with Crippen LogP contribution in [0.5, 0.6) is 0 Å². The average molecular weight is 160 g/mol.